The fraction of sp³-hybridized carbons (Fsp3) is 0.176. The predicted molar refractivity (Wildman–Crippen MR) is 90.5 cm³/mol. The second-order valence-electron chi connectivity index (χ2n) is 5.02. The van der Waals surface area contributed by atoms with Gasteiger partial charge in [-0.15, -0.1) is 5.10 Å². The van der Waals surface area contributed by atoms with Crippen molar-refractivity contribution in [2.45, 2.75) is 19.9 Å². The molecule has 0 unspecified atom stereocenters. The molecule has 0 bridgehead atoms. The first kappa shape index (κ1) is 14.9. The number of anilines is 3. The summed E-state index contributed by atoms with van der Waals surface area (Å²) < 4.78 is 0. The SMILES string of the molecule is CCc1ccccc1Nc1nncc(NCc2cccnc2)n1. The molecule has 3 rings (SSSR count). The van der Waals surface area contributed by atoms with E-state index in [1.165, 1.54) is 5.56 Å². The van der Waals surface area contributed by atoms with Crippen molar-refractivity contribution < 1.29 is 0 Å². The van der Waals surface area contributed by atoms with E-state index in [1.807, 2.05) is 36.5 Å². The van der Waals surface area contributed by atoms with Gasteiger partial charge in [0.15, 0.2) is 5.82 Å². The summed E-state index contributed by atoms with van der Waals surface area (Å²) in [6, 6.07) is 12.0. The second-order valence-corrected chi connectivity index (χ2v) is 5.02. The third-order valence-electron chi connectivity index (χ3n) is 3.40. The van der Waals surface area contributed by atoms with Crippen LogP contribution in [0.4, 0.5) is 17.5 Å². The number of benzene rings is 1. The van der Waals surface area contributed by atoms with E-state index in [4.69, 9.17) is 0 Å². The van der Waals surface area contributed by atoms with Crippen molar-refractivity contribution in [1.82, 2.24) is 20.2 Å². The Hall–Kier alpha value is -3.02. The maximum Gasteiger partial charge on any atom is 0.249 e. The summed E-state index contributed by atoms with van der Waals surface area (Å²) in [5.74, 6) is 1.14. The predicted octanol–water partition coefficient (Wildman–Crippen LogP) is 3.18. The van der Waals surface area contributed by atoms with Gasteiger partial charge in [0, 0.05) is 24.6 Å². The van der Waals surface area contributed by atoms with Crippen LogP contribution in [-0.4, -0.2) is 20.2 Å². The van der Waals surface area contributed by atoms with E-state index in [-0.39, 0.29) is 0 Å². The maximum atomic E-state index is 4.44. The Labute approximate surface area is 135 Å². The van der Waals surface area contributed by atoms with Gasteiger partial charge in [-0.25, -0.2) is 0 Å². The molecule has 6 nitrogen and oxygen atoms in total. The summed E-state index contributed by atoms with van der Waals surface area (Å²) in [7, 11) is 0. The minimum atomic E-state index is 0.474. The fourth-order valence-electron chi connectivity index (χ4n) is 2.21. The molecule has 2 heterocycles. The number of hydrogen-bond acceptors (Lipinski definition) is 6. The summed E-state index contributed by atoms with van der Waals surface area (Å²) in [5, 5.41) is 14.5. The second kappa shape index (κ2) is 7.31. The van der Waals surface area contributed by atoms with Crippen molar-refractivity contribution in [2.75, 3.05) is 10.6 Å². The molecule has 0 radical (unpaired) electrons. The Bertz CT molecular complexity index is 760. The molecule has 0 aliphatic carbocycles. The summed E-state index contributed by atoms with van der Waals surface area (Å²) >= 11 is 0. The smallest absolute Gasteiger partial charge is 0.249 e. The third-order valence-corrected chi connectivity index (χ3v) is 3.40. The molecule has 0 spiro atoms. The van der Waals surface area contributed by atoms with Gasteiger partial charge in [-0.2, -0.15) is 10.1 Å². The first-order valence-corrected chi connectivity index (χ1v) is 7.52. The molecule has 0 saturated carbocycles. The number of nitrogens with zero attached hydrogens (tertiary/aromatic N) is 4. The number of hydrogen-bond donors (Lipinski definition) is 2. The van der Waals surface area contributed by atoms with Crippen LogP contribution in [0, 0.1) is 0 Å². The molecule has 0 aliphatic heterocycles. The van der Waals surface area contributed by atoms with Gasteiger partial charge in [-0.05, 0) is 29.7 Å². The first-order valence-electron chi connectivity index (χ1n) is 7.52. The van der Waals surface area contributed by atoms with Crippen molar-refractivity contribution in [1.29, 1.82) is 0 Å². The number of aryl methyl sites for hydroxylation is 1. The zero-order chi connectivity index (χ0) is 15.9. The molecule has 0 aliphatic rings. The molecule has 6 heteroatoms. The van der Waals surface area contributed by atoms with Crippen molar-refractivity contribution in [3.8, 4) is 0 Å². The molecule has 0 amide bonds. The average Bonchev–Trinajstić information content (AvgIpc) is 2.62. The highest BCUT2D eigenvalue weighted by Gasteiger charge is 2.04. The summed E-state index contributed by atoms with van der Waals surface area (Å²) in [5.41, 5.74) is 3.29. The van der Waals surface area contributed by atoms with Crippen LogP contribution in [0.2, 0.25) is 0 Å². The zero-order valence-electron chi connectivity index (χ0n) is 12.9. The van der Waals surface area contributed by atoms with E-state index in [9.17, 15) is 0 Å². The standard InChI is InChI=1S/C17H18N6/c1-2-14-7-3-4-8-15(14)21-17-22-16(12-20-23-17)19-11-13-6-5-9-18-10-13/h3-10,12H,2,11H2,1H3,(H2,19,21,22,23). The van der Waals surface area contributed by atoms with E-state index in [0.717, 1.165) is 17.7 Å². The number of rotatable bonds is 6. The molecule has 1 aromatic carbocycles. The lowest BCUT2D eigenvalue weighted by molar-refractivity contribution is 0.962. The Morgan fingerprint density at radius 3 is 2.78 bits per heavy atom. The van der Waals surface area contributed by atoms with E-state index in [1.54, 1.807) is 12.4 Å². The average molecular weight is 306 g/mol. The largest absolute Gasteiger partial charge is 0.364 e. The third kappa shape index (κ3) is 4.00. The Balaban J connectivity index is 1.70. The van der Waals surface area contributed by atoms with Crippen LogP contribution in [0.3, 0.4) is 0 Å². The van der Waals surface area contributed by atoms with E-state index in [2.05, 4.69) is 43.8 Å². The fourth-order valence-corrected chi connectivity index (χ4v) is 2.21. The van der Waals surface area contributed by atoms with E-state index < -0.39 is 0 Å². The molecule has 2 aromatic heterocycles. The van der Waals surface area contributed by atoms with Crippen LogP contribution in [0.25, 0.3) is 0 Å². The monoisotopic (exact) mass is 306 g/mol. The van der Waals surface area contributed by atoms with Gasteiger partial charge in [0.05, 0.1) is 6.20 Å². The topological polar surface area (TPSA) is 75.6 Å². The van der Waals surface area contributed by atoms with Crippen molar-refractivity contribution in [3.63, 3.8) is 0 Å². The molecule has 0 atom stereocenters. The molecular formula is C17H18N6. The Morgan fingerprint density at radius 1 is 1.04 bits per heavy atom. The molecular weight excluding hydrogens is 288 g/mol. The van der Waals surface area contributed by atoms with Crippen LogP contribution in [0.15, 0.2) is 55.0 Å². The maximum absolute atomic E-state index is 4.44. The molecule has 3 aromatic rings. The molecule has 116 valence electrons. The van der Waals surface area contributed by atoms with Crippen LogP contribution in [0.5, 0.6) is 0 Å². The van der Waals surface area contributed by atoms with Crippen molar-refractivity contribution >= 4 is 17.5 Å². The number of nitrogens with one attached hydrogen (secondary N) is 2. The molecule has 0 fully saturated rings. The quantitative estimate of drug-likeness (QED) is 0.728. The van der Waals surface area contributed by atoms with Gasteiger partial charge in [-0.3, -0.25) is 4.98 Å². The van der Waals surface area contributed by atoms with Gasteiger partial charge < -0.3 is 10.6 Å². The minimum absolute atomic E-state index is 0.474. The van der Waals surface area contributed by atoms with Crippen LogP contribution in [0.1, 0.15) is 18.1 Å². The van der Waals surface area contributed by atoms with E-state index >= 15 is 0 Å². The van der Waals surface area contributed by atoms with E-state index in [0.29, 0.717) is 18.3 Å². The van der Waals surface area contributed by atoms with Crippen LogP contribution >= 0.6 is 0 Å². The van der Waals surface area contributed by atoms with Gasteiger partial charge in [0.25, 0.3) is 0 Å². The first-order chi connectivity index (χ1) is 11.3. The zero-order valence-corrected chi connectivity index (χ0v) is 12.9. The summed E-state index contributed by atoms with van der Waals surface area (Å²) in [6.45, 7) is 2.75. The normalized spacial score (nSPS) is 10.3. The van der Waals surface area contributed by atoms with Gasteiger partial charge in [0.1, 0.15) is 0 Å². The number of aromatic nitrogens is 4. The van der Waals surface area contributed by atoms with Crippen LogP contribution in [-0.2, 0) is 13.0 Å². The highest BCUT2D eigenvalue weighted by atomic mass is 15.3. The van der Waals surface area contributed by atoms with Gasteiger partial charge in [-0.1, -0.05) is 31.2 Å². The Kier molecular flexibility index (Phi) is 4.73. The van der Waals surface area contributed by atoms with Gasteiger partial charge in [0.2, 0.25) is 5.95 Å². The summed E-state index contributed by atoms with van der Waals surface area (Å²) in [4.78, 5) is 8.53. The van der Waals surface area contributed by atoms with Gasteiger partial charge >= 0.3 is 0 Å². The van der Waals surface area contributed by atoms with Crippen molar-refractivity contribution in [2.24, 2.45) is 0 Å². The number of pyridine rings is 1. The highest BCUT2D eigenvalue weighted by molar-refractivity contribution is 5.58. The molecule has 0 saturated heterocycles. The Morgan fingerprint density at radius 2 is 1.96 bits per heavy atom. The lowest BCUT2D eigenvalue weighted by Gasteiger charge is -2.10. The lowest BCUT2D eigenvalue weighted by Crippen LogP contribution is -2.06. The molecule has 23 heavy (non-hydrogen) atoms. The molecule has 2 N–H and O–H groups in total. The highest BCUT2D eigenvalue weighted by Crippen LogP contribution is 2.19. The number of para-hydroxylation sites is 1. The minimum Gasteiger partial charge on any atom is -0.364 e. The lowest BCUT2D eigenvalue weighted by atomic mass is 10.1. The van der Waals surface area contributed by atoms with Crippen molar-refractivity contribution in [3.05, 3.63) is 66.1 Å². The summed E-state index contributed by atoms with van der Waals surface area (Å²) in [6.07, 6.45) is 6.12. The van der Waals surface area contributed by atoms with Crippen LogP contribution < -0.4 is 10.6 Å².